The maximum Gasteiger partial charge on any atom is 0.254 e. The Morgan fingerprint density at radius 2 is 2.25 bits per heavy atom. The number of nitrogens with zero attached hydrogens (tertiary/aromatic N) is 2. The summed E-state index contributed by atoms with van der Waals surface area (Å²) in [5.74, 6) is -0.226. The predicted molar refractivity (Wildman–Crippen MR) is 77.7 cm³/mol. The first kappa shape index (κ1) is 13.1. The summed E-state index contributed by atoms with van der Waals surface area (Å²) in [7, 11) is 0. The summed E-state index contributed by atoms with van der Waals surface area (Å²) >= 11 is 1.50. The third kappa shape index (κ3) is 1.96. The number of carbonyl (C=O) groups excluding carboxylic acids is 2. The van der Waals surface area contributed by atoms with E-state index in [1.165, 1.54) is 11.3 Å². The van der Waals surface area contributed by atoms with Crippen LogP contribution in [0.15, 0.2) is 23.7 Å². The molecule has 1 aromatic heterocycles. The quantitative estimate of drug-likeness (QED) is 0.868. The molecule has 1 N–H and O–H groups in total. The summed E-state index contributed by atoms with van der Waals surface area (Å²) in [6.07, 6.45) is 0. The number of nitrogens with one attached hydrogen (secondary N) is 1. The van der Waals surface area contributed by atoms with Crippen LogP contribution in [-0.4, -0.2) is 40.3 Å². The molecule has 1 aliphatic heterocycles. The van der Waals surface area contributed by atoms with E-state index in [0.717, 1.165) is 10.2 Å². The highest BCUT2D eigenvalue weighted by molar-refractivity contribution is 7.16. The zero-order valence-electron chi connectivity index (χ0n) is 11.3. The maximum absolute atomic E-state index is 12.7. The third-order valence-electron chi connectivity index (χ3n) is 3.67. The van der Waals surface area contributed by atoms with E-state index in [4.69, 9.17) is 0 Å². The van der Waals surface area contributed by atoms with Gasteiger partial charge in [0.05, 0.1) is 15.7 Å². The number of aromatic nitrogens is 1. The summed E-state index contributed by atoms with van der Waals surface area (Å²) in [4.78, 5) is 30.4. The molecule has 5 nitrogen and oxygen atoms in total. The fourth-order valence-electron chi connectivity index (χ4n) is 2.40. The van der Waals surface area contributed by atoms with Crippen LogP contribution in [0.2, 0.25) is 0 Å². The molecule has 1 fully saturated rings. The molecule has 0 atom stereocenters. The lowest BCUT2D eigenvalue weighted by Crippen LogP contribution is -2.63. The highest BCUT2D eigenvalue weighted by Gasteiger charge is 2.40. The zero-order valence-corrected chi connectivity index (χ0v) is 12.2. The molecule has 0 spiro atoms. The first-order valence-corrected chi connectivity index (χ1v) is 7.31. The number of hydrogen-bond acceptors (Lipinski definition) is 4. The molecule has 2 aromatic rings. The Hall–Kier alpha value is -1.95. The molecule has 2 heterocycles. The van der Waals surface area contributed by atoms with Crippen LogP contribution in [0, 0.1) is 0 Å². The molecule has 0 saturated carbocycles. The van der Waals surface area contributed by atoms with Crippen LogP contribution in [-0.2, 0) is 4.79 Å². The van der Waals surface area contributed by atoms with Crippen molar-refractivity contribution in [1.29, 1.82) is 0 Å². The third-order valence-corrected chi connectivity index (χ3v) is 4.47. The van der Waals surface area contributed by atoms with E-state index < -0.39 is 5.54 Å². The first-order valence-electron chi connectivity index (χ1n) is 6.43. The van der Waals surface area contributed by atoms with Gasteiger partial charge in [-0.25, -0.2) is 4.98 Å². The summed E-state index contributed by atoms with van der Waals surface area (Å²) in [6, 6.07) is 5.46. The molecule has 0 bridgehead atoms. The average molecular weight is 289 g/mol. The Kier molecular flexibility index (Phi) is 2.97. The van der Waals surface area contributed by atoms with Crippen molar-refractivity contribution in [1.82, 2.24) is 15.2 Å². The number of thiazole rings is 1. The summed E-state index contributed by atoms with van der Waals surface area (Å²) in [6.45, 7) is 4.56. The summed E-state index contributed by atoms with van der Waals surface area (Å²) in [5.41, 5.74) is 2.43. The first-order chi connectivity index (χ1) is 9.50. The van der Waals surface area contributed by atoms with Crippen molar-refractivity contribution >= 4 is 33.4 Å². The number of hydrogen-bond donors (Lipinski definition) is 1. The van der Waals surface area contributed by atoms with Crippen LogP contribution in [0.25, 0.3) is 10.2 Å². The smallest absolute Gasteiger partial charge is 0.254 e. The van der Waals surface area contributed by atoms with Crippen LogP contribution < -0.4 is 5.32 Å². The standard InChI is InChI=1S/C14H15N3O2S/c1-14(2)13(19)15-5-6-17(14)12(18)9-3-4-10-11(7-9)20-8-16-10/h3-4,7-8H,5-6H2,1-2H3,(H,15,19). The fourth-order valence-corrected chi connectivity index (χ4v) is 3.12. The van der Waals surface area contributed by atoms with Crippen LogP contribution in [0.3, 0.4) is 0 Å². The summed E-state index contributed by atoms with van der Waals surface area (Å²) < 4.78 is 0.982. The molecule has 0 aliphatic carbocycles. The van der Waals surface area contributed by atoms with Crippen molar-refractivity contribution in [2.24, 2.45) is 0 Å². The van der Waals surface area contributed by atoms with Crippen molar-refractivity contribution in [2.45, 2.75) is 19.4 Å². The highest BCUT2D eigenvalue weighted by Crippen LogP contribution is 2.24. The summed E-state index contributed by atoms with van der Waals surface area (Å²) in [5, 5.41) is 2.79. The van der Waals surface area contributed by atoms with Gasteiger partial charge in [0, 0.05) is 18.7 Å². The molecule has 104 valence electrons. The van der Waals surface area contributed by atoms with Crippen LogP contribution in [0.5, 0.6) is 0 Å². The lowest BCUT2D eigenvalue weighted by atomic mass is 9.97. The van der Waals surface area contributed by atoms with E-state index in [1.807, 2.05) is 12.1 Å². The SMILES string of the molecule is CC1(C)C(=O)NCCN1C(=O)c1ccc2ncsc2c1. The van der Waals surface area contributed by atoms with Gasteiger partial charge in [0.15, 0.2) is 0 Å². The number of piperazine rings is 1. The number of rotatable bonds is 1. The van der Waals surface area contributed by atoms with Gasteiger partial charge in [-0.15, -0.1) is 11.3 Å². The van der Waals surface area contributed by atoms with Crippen molar-refractivity contribution in [2.75, 3.05) is 13.1 Å². The topological polar surface area (TPSA) is 62.3 Å². The molecule has 0 unspecified atom stereocenters. The normalized spacial score (nSPS) is 18.1. The van der Waals surface area contributed by atoms with Gasteiger partial charge in [0.25, 0.3) is 5.91 Å². The molecule has 3 rings (SSSR count). The number of carbonyl (C=O) groups is 2. The molecule has 2 amide bonds. The van der Waals surface area contributed by atoms with Crippen molar-refractivity contribution in [3.05, 3.63) is 29.3 Å². The highest BCUT2D eigenvalue weighted by atomic mass is 32.1. The second-order valence-electron chi connectivity index (χ2n) is 5.31. The van der Waals surface area contributed by atoms with Gasteiger partial charge in [0.2, 0.25) is 5.91 Å². The van der Waals surface area contributed by atoms with Gasteiger partial charge in [-0.2, -0.15) is 0 Å². The van der Waals surface area contributed by atoms with Crippen LogP contribution in [0.1, 0.15) is 24.2 Å². The Balaban J connectivity index is 1.96. The average Bonchev–Trinajstić information content (AvgIpc) is 2.88. The number of fused-ring (bicyclic) bond motifs is 1. The molecule has 6 heteroatoms. The Bertz CT molecular complexity index is 693. The molecule has 1 aromatic carbocycles. The predicted octanol–water partition coefficient (Wildman–Crippen LogP) is 1.65. The van der Waals surface area contributed by atoms with Crippen molar-refractivity contribution in [3.63, 3.8) is 0 Å². The van der Waals surface area contributed by atoms with Gasteiger partial charge in [-0.1, -0.05) is 0 Å². The lowest BCUT2D eigenvalue weighted by Gasteiger charge is -2.41. The minimum Gasteiger partial charge on any atom is -0.352 e. The Morgan fingerprint density at radius 1 is 1.45 bits per heavy atom. The molecule has 20 heavy (non-hydrogen) atoms. The van der Waals surface area contributed by atoms with E-state index in [2.05, 4.69) is 10.3 Å². The number of amides is 2. The van der Waals surface area contributed by atoms with Crippen LogP contribution in [0.4, 0.5) is 0 Å². The van der Waals surface area contributed by atoms with E-state index in [0.29, 0.717) is 18.7 Å². The monoisotopic (exact) mass is 289 g/mol. The molecule has 1 saturated heterocycles. The minimum absolute atomic E-state index is 0.111. The van der Waals surface area contributed by atoms with E-state index >= 15 is 0 Å². The molecule has 0 radical (unpaired) electrons. The Morgan fingerprint density at radius 3 is 3.05 bits per heavy atom. The molecule has 1 aliphatic rings. The minimum atomic E-state index is -0.821. The lowest BCUT2D eigenvalue weighted by molar-refractivity contribution is -0.133. The van der Waals surface area contributed by atoms with Gasteiger partial charge < -0.3 is 10.2 Å². The zero-order chi connectivity index (χ0) is 14.3. The van der Waals surface area contributed by atoms with Gasteiger partial charge in [-0.05, 0) is 32.0 Å². The maximum atomic E-state index is 12.7. The second-order valence-corrected chi connectivity index (χ2v) is 6.19. The van der Waals surface area contributed by atoms with E-state index in [9.17, 15) is 9.59 Å². The van der Waals surface area contributed by atoms with Gasteiger partial charge in [0.1, 0.15) is 5.54 Å². The molecular formula is C14H15N3O2S. The van der Waals surface area contributed by atoms with Crippen molar-refractivity contribution < 1.29 is 9.59 Å². The fraction of sp³-hybridized carbons (Fsp3) is 0.357. The van der Waals surface area contributed by atoms with Crippen LogP contribution >= 0.6 is 11.3 Å². The largest absolute Gasteiger partial charge is 0.352 e. The number of benzene rings is 1. The van der Waals surface area contributed by atoms with E-state index in [-0.39, 0.29) is 11.8 Å². The second kappa shape index (κ2) is 4.56. The van der Waals surface area contributed by atoms with Crippen molar-refractivity contribution in [3.8, 4) is 0 Å². The molecular weight excluding hydrogens is 274 g/mol. The van der Waals surface area contributed by atoms with Gasteiger partial charge in [-0.3, -0.25) is 9.59 Å². The van der Waals surface area contributed by atoms with E-state index in [1.54, 1.807) is 30.3 Å². The van der Waals surface area contributed by atoms with Gasteiger partial charge >= 0.3 is 0 Å². The Labute approximate surface area is 120 Å².